The van der Waals surface area contributed by atoms with Crippen LogP contribution < -0.4 is 0 Å². The Morgan fingerprint density at radius 1 is 0.931 bits per heavy atom. The molecule has 169 valence electrons. The first-order valence-electron chi connectivity index (χ1n) is 10.1. The van der Waals surface area contributed by atoms with Gasteiger partial charge in [0.25, 0.3) is 0 Å². The Balaban J connectivity index is 1.96. The van der Waals surface area contributed by atoms with Crippen LogP contribution in [-0.2, 0) is 32.6 Å². The van der Waals surface area contributed by atoms with Crippen LogP contribution in [0.2, 0.25) is 0 Å². The lowest BCUT2D eigenvalue weighted by Gasteiger charge is -2.34. The number of aliphatic hydroxyl groups is 2. The van der Waals surface area contributed by atoms with E-state index >= 15 is 0 Å². The third-order valence-corrected chi connectivity index (χ3v) is 5.90. The van der Waals surface area contributed by atoms with E-state index in [1.165, 1.54) is 0 Å². The molecule has 9 atom stereocenters. The van der Waals surface area contributed by atoms with E-state index in [4.69, 9.17) is 35.6 Å². The summed E-state index contributed by atoms with van der Waals surface area (Å²) in [6.07, 6.45) is -5.94. The van der Waals surface area contributed by atoms with Gasteiger partial charge in [0.1, 0.15) is 36.6 Å². The first-order valence-corrected chi connectivity index (χ1v) is 11.7. The molecule has 2 aliphatic heterocycles. The van der Waals surface area contributed by atoms with Gasteiger partial charge in [-0.1, -0.05) is 0 Å². The van der Waals surface area contributed by atoms with Crippen molar-refractivity contribution in [1.82, 2.24) is 0 Å². The number of rotatable bonds is 10. The average Bonchev–Trinajstić information content (AvgIpc) is 3.02. The molecule has 2 saturated heterocycles. The Morgan fingerprint density at radius 3 is 1.97 bits per heavy atom. The summed E-state index contributed by atoms with van der Waals surface area (Å²) in [5.41, 5.74) is 0. The zero-order valence-electron chi connectivity index (χ0n) is 18.0. The van der Waals surface area contributed by atoms with Crippen molar-refractivity contribution in [3.05, 3.63) is 0 Å². The van der Waals surface area contributed by atoms with Gasteiger partial charge in [-0.25, -0.2) is 0 Å². The van der Waals surface area contributed by atoms with E-state index in [1.807, 2.05) is 27.7 Å². The lowest BCUT2D eigenvalue weighted by atomic mass is 10.1. The molecule has 2 rings (SSSR count). The number of aliphatic hydroxyl groups excluding tert-OH is 2. The molecule has 2 N–H and O–H groups in total. The Hall–Kier alpha value is -0.0251. The molecule has 2 fully saturated rings. The van der Waals surface area contributed by atoms with Crippen LogP contribution in [0.3, 0.4) is 0 Å². The fourth-order valence-corrected chi connectivity index (χ4v) is 4.40. The molecule has 9 nitrogen and oxygen atoms in total. The molecule has 0 aromatic carbocycles. The molecule has 0 spiro atoms. The van der Waals surface area contributed by atoms with Gasteiger partial charge in [0, 0.05) is 0 Å². The van der Waals surface area contributed by atoms with Crippen LogP contribution in [0, 0.1) is 0 Å². The quantitative estimate of drug-likeness (QED) is 0.385. The second-order valence-electron chi connectivity index (χ2n) is 8.18. The summed E-state index contributed by atoms with van der Waals surface area (Å²) in [6, 6.07) is 0. The largest absolute Gasteiger partial charge is 0.444 e. The summed E-state index contributed by atoms with van der Waals surface area (Å²) < 4.78 is 46.0. The highest BCUT2D eigenvalue weighted by Crippen LogP contribution is 2.47. The zero-order chi connectivity index (χ0) is 21.9. The SMILES string of the molecule is [B-]P(=O)(OC[C@H]1O[C@@H](C)[C@@H](O)C1OC(C)C)OC1[C@@H](COC(C)C)O[C@@H](C)[C@H]1O. The van der Waals surface area contributed by atoms with Crippen molar-refractivity contribution in [2.75, 3.05) is 13.2 Å². The minimum Gasteiger partial charge on any atom is -0.444 e. The first kappa shape index (κ1) is 25.2. The van der Waals surface area contributed by atoms with E-state index in [2.05, 4.69) is 0 Å². The van der Waals surface area contributed by atoms with Crippen LogP contribution in [-0.4, -0.2) is 92.0 Å². The summed E-state index contributed by atoms with van der Waals surface area (Å²) in [6.45, 7) is 10.8. The maximum Gasteiger partial charge on any atom is 0.120 e. The molecule has 0 saturated carbocycles. The molecule has 0 aromatic heterocycles. The lowest BCUT2D eigenvalue weighted by Crippen LogP contribution is -2.39. The van der Waals surface area contributed by atoms with Crippen LogP contribution >= 0.6 is 7.47 Å². The highest BCUT2D eigenvalue weighted by atomic mass is 31.2. The van der Waals surface area contributed by atoms with E-state index in [0.29, 0.717) is 0 Å². The van der Waals surface area contributed by atoms with E-state index in [-0.39, 0.29) is 25.4 Å². The van der Waals surface area contributed by atoms with Crippen LogP contribution in [0.15, 0.2) is 0 Å². The molecule has 0 bridgehead atoms. The van der Waals surface area contributed by atoms with E-state index in [1.54, 1.807) is 13.8 Å². The van der Waals surface area contributed by atoms with Gasteiger partial charge in [0.05, 0.1) is 45.1 Å². The van der Waals surface area contributed by atoms with Gasteiger partial charge in [-0.3, -0.25) is 0 Å². The van der Waals surface area contributed by atoms with E-state index in [9.17, 15) is 14.8 Å². The fourth-order valence-electron chi connectivity index (χ4n) is 3.39. The number of hydrogen-bond acceptors (Lipinski definition) is 9. The van der Waals surface area contributed by atoms with Crippen LogP contribution in [0.4, 0.5) is 0 Å². The second-order valence-corrected chi connectivity index (χ2v) is 9.73. The average molecular weight is 436 g/mol. The molecule has 0 aromatic rings. The Kier molecular flexibility index (Phi) is 9.16. The van der Waals surface area contributed by atoms with Gasteiger partial charge in [-0.15, -0.1) is 0 Å². The van der Waals surface area contributed by atoms with Crippen LogP contribution in [0.1, 0.15) is 41.5 Å². The smallest absolute Gasteiger partial charge is 0.120 e. The molecule has 2 aliphatic rings. The predicted molar refractivity (Wildman–Crippen MR) is 106 cm³/mol. The summed E-state index contributed by atoms with van der Waals surface area (Å²) >= 11 is 0. The van der Waals surface area contributed by atoms with Gasteiger partial charge < -0.3 is 50.3 Å². The monoisotopic (exact) mass is 436 g/mol. The van der Waals surface area contributed by atoms with Crippen LogP contribution in [0.5, 0.6) is 0 Å². The second kappa shape index (κ2) is 10.5. The molecule has 3 unspecified atom stereocenters. The molecule has 0 aliphatic carbocycles. The fraction of sp³-hybridized carbons (Fsp3) is 1.00. The molecular weight excluding hydrogens is 402 g/mol. The van der Waals surface area contributed by atoms with Crippen molar-refractivity contribution in [1.29, 1.82) is 0 Å². The molecule has 11 heteroatoms. The topological polar surface area (TPSA) is 113 Å². The minimum atomic E-state index is -4.06. The van der Waals surface area contributed by atoms with Gasteiger partial charge in [-0.05, 0) is 41.5 Å². The van der Waals surface area contributed by atoms with Gasteiger partial charge in [-0.2, -0.15) is 0 Å². The molecule has 29 heavy (non-hydrogen) atoms. The summed E-state index contributed by atoms with van der Waals surface area (Å²) in [7, 11) is 1.71. The third-order valence-electron chi connectivity index (χ3n) is 4.86. The standard InChI is InChI=1S/C18H34BO9P/c1-9(2)23-7-13-18(16(21)12(6)26-13)28-29(19,22)24-8-14-17(25-10(3)4)15(20)11(5)27-14/h9-18,20-21H,7-8H2,1-6H3/q-1/t11-,12-,13+,14+,15+,16+,17?,18?,29?/m0/s1. The zero-order valence-corrected chi connectivity index (χ0v) is 18.9. The number of ether oxygens (including phenoxy) is 4. The maximum absolute atomic E-state index is 12.7. The lowest BCUT2D eigenvalue weighted by molar-refractivity contribution is -0.0776. The summed E-state index contributed by atoms with van der Waals surface area (Å²) in [5, 5.41) is 20.6. The highest BCUT2D eigenvalue weighted by molar-refractivity contribution is 7.79. The Morgan fingerprint density at radius 2 is 1.45 bits per heavy atom. The van der Waals surface area contributed by atoms with Crippen molar-refractivity contribution in [2.24, 2.45) is 0 Å². The predicted octanol–water partition coefficient (Wildman–Crippen LogP) is 1.18. The maximum atomic E-state index is 12.7. The first-order chi connectivity index (χ1) is 13.4. The highest BCUT2D eigenvalue weighted by Gasteiger charge is 2.45. The van der Waals surface area contributed by atoms with E-state index in [0.717, 1.165) is 0 Å². The molecule has 2 heterocycles. The Bertz CT molecular complexity index is 563. The molecule has 3 radical (unpaired) electrons. The summed E-state index contributed by atoms with van der Waals surface area (Å²) in [4.78, 5) is 0. The van der Waals surface area contributed by atoms with Crippen molar-refractivity contribution < 1.29 is 42.8 Å². The van der Waals surface area contributed by atoms with Crippen molar-refractivity contribution >= 4 is 15.0 Å². The van der Waals surface area contributed by atoms with Crippen molar-refractivity contribution in [3.8, 4) is 0 Å². The minimum absolute atomic E-state index is 0.0425. The molecule has 0 amide bonds. The van der Waals surface area contributed by atoms with Gasteiger partial charge in [0.15, 0.2) is 0 Å². The summed E-state index contributed by atoms with van der Waals surface area (Å²) in [5.74, 6) is 0. The van der Waals surface area contributed by atoms with E-state index < -0.39 is 56.3 Å². The number of hydrogen-bond donors (Lipinski definition) is 2. The van der Waals surface area contributed by atoms with Gasteiger partial charge >= 0.3 is 0 Å². The van der Waals surface area contributed by atoms with Gasteiger partial charge in [0.2, 0.25) is 0 Å². The van der Waals surface area contributed by atoms with Crippen LogP contribution in [0.25, 0.3) is 0 Å². The molecular formula is C18H34BO9P-. The normalized spacial score (nSPS) is 40.1. The Labute approximate surface area is 174 Å². The van der Waals surface area contributed by atoms with Crippen molar-refractivity contribution in [2.45, 2.75) is 103 Å². The van der Waals surface area contributed by atoms with Crippen molar-refractivity contribution in [3.63, 3.8) is 0 Å². The third kappa shape index (κ3) is 6.99.